The Kier molecular flexibility index (Phi) is 4.10. The Morgan fingerprint density at radius 1 is 1.29 bits per heavy atom. The maximum atomic E-state index is 12.4. The molecule has 0 aromatic carbocycles. The van der Waals surface area contributed by atoms with Crippen LogP contribution in [0.1, 0.15) is 48.9 Å². The summed E-state index contributed by atoms with van der Waals surface area (Å²) in [7, 11) is 0. The van der Waals surface area contributed by atoms with Crippen molar-refractivity contribution >= 4 is 11.7 Å². The van der Waals surface area contributed by atoms with Crippen LogP contribution in [0.4, 0.5) is 5.82 Å². The van der Waals surface area contributed by atoms with E-state index in [1.165, 1.54) is 6.42 Å². The molecule has 2 fully saturated rings. The van der Waals surface area contributed by atoms with E-state index < -0.39 is 5.60 Å². The molecule has 21 heavy (non-hydrogen) atoms. The third kappa shape index (κ3) is 3.18. The number of rotatable bonds is 4. The van der Waals surface area contributed by atoms with Gasteiger partial charge in [0.15, 0.2) is 0 Å². The minimum absolute atomic E-state index is 0.135. The lowest BCUT2D eigenvalue weighted by Crippen LogP contribution is -2.48. The Labute approximate surface area is 125 Å². The summed E-state index contributed by atoms with van der Waals surface area (Å²) in [5, 5.41) is 12.9. The molecule has 0 bridgehead atoms. The average Bonchev–Trinajstić information content (AvgIpc) is 2.51. The average molecular weight is 289 g/mol. The SMILES string of the molecule is O=C(NCC1(O)CCC1)c1cccnc1N1CCCCC1. The zero-order valence-electron chi connectivity index (χ0n) is 12.3. The number of pyridine rings is 1. The Morgan fingerprint density at radius 2 is 2.05 bits per heavy atom. The molecule has 1 aliphatic carbocycles. The number of anilines is 1. The standard InChI is InChI=1S/C16H23N3O2/c20-15(18-12-16(21)7-5-8-16)13-6-4-9-17-14(13)19-10-2-1-3-11-19/h4,6,9,21H,1-3,5,7-8,10-12H2,(H,18,20). The number of hydrogen-bond donors (Lipinski definition) is 2. The quantitative estimate of drug-likeness (QED) is 0.886. The van der Waals surface area contributed by atoms with Crippen molar-refractivity contribution in [1.29, 1.82) is 0 Å². The molecule has 1 saturated carbocycles. The normalized spacial score (nSPS) is 20.7. The van der Waals surface area contributed by atoms with Crippen LogP contribution < -0.4 is 10.2 Å². The summed E-state index contributed by atoms with van der Waals surface area (Å²) >= 11 is 0. The maximum Gasteiger partial charge on any atom is 0.255 e. The monoisotopic (exact) mass is 289 g/mol. The summed E-state index contributed by atoms with van der Waals surface area (Å²) in [6.07, 6.45) is 7.88. The minimum atomic E-state index is -0.691. The lowest BCUT2D eigenvalue weighted by molar-refractivity contribution is -0.0300. The van der Waals surface area contributed by atoms with Crippen LogP contribution in [-0.2, 0) is 0 Å². The fraction of sp³-hybridized carbons (Fsp3) is 0.625. The Balaban J connectivity index is 1.70. The molecule has 0 radical (unpaired) electrons. The Morgan fingerprint density at radius 3 is 2.71 bits per heavy atom. The fourth-order valence-electron chi connectivity index (χ4n) is 3.03. The van der Waals surface area contributed by atoms with Gasteiger partial charge in [-0.05, 0) is 50.7 Å². The number of nitrogens with one attached hydrogen (secondary N) is 1. The number of aromatic nitrogens is 1. The molecule has 0 atom stereocenters. The third-order valence-corrected chi connectivity index (χ3v) is 4.55. The highest BCUT2D eigenvalue weighted by atomic mass is 16.3. The van der Waals surface area contributed by atoms with E-state index in [0.29, 0.717) is 12.1 Å². The van der Waals surface area contributed by atoms with E-state index >= 15 is 0 Å². The van der Waals surface area contributed by atoms with Crippen molar-refractivity contribution in [3.63, 3.8) is 0 Å². The maximum absolute atomic E-state index is 12.4. The number of amides is 1. The summed E-state index contributed by atoms with van der Waals surface area (Å²) in [4.78, 5) is 19.0. The smallest absolute Gasteiger partial charge is 0.255 e. The number of nitrogens with zero attached hydrogens (tertiary/aromatic N) is 2. The van der Waals surface area contributed by atoms with Gasteiger partial charge < -0.3 is 15.3 Å². The molecule has 1 aromatic heterocycles. The van der Waals surface area contributed by atoms with Gasteiger partial charge in [-0.3, -0.25) is 4.79 Å². The zero-order valence-corrected chi connectivity index (χ0v) is 12.3. The van der Waals surface area contributed by atoms with E-state index in [4.69, 9.17) is 0 Å². The van der Waals surface area contributed by atoms with Crippen molar-refractivity contribution in [2.45, 2.75) is 44.1 Å². The van der Waals surface area contributed by atoms with Gasteiger partial charge in [-0.2, -0.15) is 0 Å². The topological polar surface area (TPSA) is 65.5 Å². The Hall–Kier alpha value is -1.62. The second kappa shape index (κ2) is 6.02. The minimum Gasteiger partial charge on any atom is -0.388 e. The first kappa shape index (κ1) is 14.3. The van der Waals surface area contributed by atoms with Crippen LogP contribution in [0.3, 0.4) is 0 Å². The summed E-state index contributed by atoms with van der Waals surface area (Å²) in [6.45, 7) is 2.25. The number of carbonyl (C=O) groups excluding carboxylic acids is 1. The van der Waals surface area contributed by atoms with Crippen molar-refractivity contribution < 1.29 is 9.90 Å². The van der Waals surface area contributed by atoms with Crippen LogP contribution in [0.5, 0.6) is 0 Å². The van der Waals surface area contributed by atoms with Gasteiger partial charge in [0.2, 0.25) is 0 Å². The van der Waals surface area contributed by atoms with E-state index in [1.54, 1.807) is 12.3 Å². The molecule has 1 amide bonds. The van der Waals surface area contributed by atoms with Gasteiger partial charge in [-0.15, -0.1) is 0 Å². The lowest BCUT2D eigenvalue weighted by Gasteiger charge is -2.36. The van der Waals surface area contributed by atoms with Crippen LogP contribution in [0.15, 0.2) is 18.3 Å². The summed E-state index contributed by atoms with van der Waals surface area (Å²) in [5.74, 6) is 0.638. The molecule has 2 heterocycles. The summed E-state index contributed by atoms with van der Waals surface area (Å²) < 4.78 is 0. The second-order valence-electron chi connectivity index (χ2n) is 6.18. The molecular weight excluding hydrogens is 266 g/mol. The van der Waals surface area contributed by atoms with Crippen molar-refractivity contribution in [2.75, 3.05) is 24.5 Å². The van der Waals surface area contributed by atoms with Crippen molar-refractivity contribution in [3.05, 3.63) is 23.9 Å². The number of piperidine rings is 1. The first-order chi connectivity index (χ1) is 10.2. The van der Waals surface area contributed by atoms with Crippen molar-refractivity contribution in [2.24, 2.45) is 0 Å². The highest BCUT2D eigenvalue weighted by molar-refractivity contribution is 5.98. The number of hydrogen-bond acceptors (Lipinski definition) is 4. The molecule has 1 aromatic rings. The molecule has 1 saturated heterocycles. The van der Waals surface area contributed by atoms with Crippen molar-refractivity contribution in [1.82, 2.24) is 10.3 Å². The number of aliphatic hydroxyl groups is 1. The molecule has 2 N–H and O–H groups in total. The molecular formula is C16H23N3O2. The van der Waals surface area contributed by atoms with Crippen molar-refractivity contribution in [3.8, 4) is 0 Å². The Bertz CT molecular complexity index is 508. The van der Waals surface area contributed by atoms with Gasteiger partial charge in [-0.25, -0.2) is 4.98 Å². The van der Waals surface area contributed by atoms with E-state index in [2.05, 4.69) is 15.2 Å². The van der Waals surface area contributed by atoms with Gasteiger partial charge in [0.1, 0.15) is 5.82 Å². The first-order valence-corrected chi connectivity index (χ1v) is 7.89. The molecule has 5 heteroatoms. The summed E-state index contributed by atoms with van der Waals surface area (Å²) in [6, 6.07) is 3.61. The van der Waals surface area contributed by atoms with E-state index in [-0.39, 0.29) is 5.91 Å². The van der Waals surface area contributed by atoms with Gasteiger partial charge in [0.05, 0.1) is 11.2 Å². The van der Waals surface area contributed by atoms with Gasteiger partial charge >= 0.3 is 0 Å². The van der Waals surface area contributed by atoms with Crippen LogP contribution >= 0.6 is 0 Å². The van der Waals surface area contributed by atoms with Gasteiger partial charge in [0, 0.05) is 25.8 Å². The van der Waals surface area contributed by atoms with Crippen LogP contribution in [-0.4, -0.2) is 41.2 Å². The lowest BCUT2D eigenvalue weighted by atomic mass is 9.80. The molecule has 5 nitrogen and oxygen atoms in total. The van der Waals surface area contributed by atoms with E-state index in [1.807, 2.05) is 6.07 Å². The van der Waals surface area contributed by atoms with Crippen LogP contribution in [0.2, 0.25) is 0 Å². The molecule has 3 rings (SSSR count). The molecule has 2 aliphatic rings. The van der Waals surface area contributed by atoms with Gasteiger partial charge in [0.25, 0.3) is 5.91 Å². The summed E-state index contributed by atoms with van der Waals surface area (Å²) in [5.41, 5.74) is -0.0781. The second-order valence-corrected chi connectivity index (χ2v) is 6.18. The van der Waals surface area contributed by atoms with Crippen LogP contribution in [0.25, 0.3) is 0 Å². The van der Waals surface area contributed by atoms with E-state index in [0.717, 1.165) is 51.0 Å². The molecule has 0 spiro atoms. The number of carbonyl (C=O) groups is 1. The highest BCUT2D eigenvalue weighted by Crippen LogP contribution is 2.30. The largest absolute Gasteiger partial charge is 0.388 e. The fourth-order valence-corrected chi connectivity index (χ4v) is 3.03. The zero-order chi connectivity index (χ0) is 14.7. The predicted molar refractivity (Wildman–Crippen MR) is 81.4 cm³/mol. The third-order valence-electron chi connectivity index (χ3n) is 4.55. The predicted octanol–water partition coefficient (Wildman–Crippen LogP) is 1.72. The molecule has 114 valence electrons. The molecule has 1 aliphatic heterocycles. The van der Waals surface area contributed by atoms with E-state index in [9.17, 15) is 9.90 Å². The van der Waals surface area contributed by atoms with Gasteiger partial charge in [-0.1, -0.05) is 0 Å². The first-order valence-electron chi connectivity index (χ1n) is 7.89. The molecule has 0 unspecified atom stereocenters. The highest BCUT2D eigenvalue weighted by Gasteiger charge is 2.34. The van der Waals surface area contributed by atoms with Crippen LogP contribution in [0, 0.1) is 0 Å².